The van der Waals surface area contributed by atoms with Crippen LogP contribution in [0.5, 0.6) is 5.75 Å². The van der Waals surface area contributed by atoms with Gasteiger partial charge in [-0.05, 0) is 35.9 Å². The first-order valence-electron chi connectivity index (χ1n) is 7.61. The van der Waals surface area contributed by atoms with Gasteiger partial charge in [-0.3, -0.25) is 4.98 Å². The van der Waals surface area contributed by atoms with Crippen LogP contribution in [-0.4, -0.2) is 25.2 Å². The zero-order valence-corrected chi connectivity index (χ0v) is 14.6. The van der Waals surface area contributed by atoms with E-state index in [2.05, 4.69) is 4.98 Å². The van der Waals surface area contributed by atoms with Gasteiger partial charge in [0, 0.05) is 22.3 Å². The van der Waals surface area contributed by atoms with E-state index < -0.39 is 5.97 Å². The number of hydrogen-bond acceptors (Lipinski definition) is 4. The van der Waals surface area contributed by atoms with E-state index in [-0.39, 0.29) is 0 Å². The Morgan fingerprint density at radius 3 is 2.20 bits per heavy atom. The molecule has 1 heterocycles. The van der Waals surface area contributed by atoms with Crippen molar-refractivity contribution in [2.75, 3.05) is 14.2 Å². The van der Waals surface area contributed by atoms with Crippen molar-refractivity contribution in [3.8, 4) is 28.1 Å². The van der Waals surface area contributed by atoms with Crippen LogP contribution >= 0.6 is 11.6 Å². The molecule has 0 N–H and O–H groups in total. The number of methoxy groups -OCH3 is 2. The topological polar surface area (TPSA) is 48.4 Å². The summed E-state index contributed by atoms with van der Waals surface area (Å²) in [6, 6.07) is 16.8. The lowest BCUT2D eigenvalue weighted by Gasteiger charge is -2.12. The molecule has 2 aromatic carbocycles. The zero-order valence-electron chi connectivity index (χ0n) is 13.8. The first kappa shape index (κ1) is 17.0. The number of aromatic nitrogens is 1. The Morgan fingerprint density at radius 1 is 0.960 bits per heavy atom. The van der Waals surface area contributed by atoms with Gasteiger partial charge in [-0.2, -0.15) is 0 Å². The molecule has 3 rings (SSSR count). The van der Waals surface area contributed by atoms with E-state index in [0.29, 0.717) is 10.6 Å². The minimum atomic E-state index is -0.426. The van der Waals surface area contributed by atoms with Gasteiger partial charge in [-0.1, -0.05) is 35.9 Å². The Balaban J connectivity index is 2.16. The maximum absolute atomic E-state index is 11.9. The number of pyridine rings is 1. The lowest BCUT2D eigenvalue weighted by Crippen LogP contribution is -2.03. The molecule has 25 heavy (non-hydrogen) atoms. The molecule has 0 unspecified atom stereocenters. The Morgan fingerprint density at radius 2 is 1.60 bits per heavy atom. The van der Waals surface area contributed by atoms with E-state index in [1.807, 2.05) is 48.5 Å². The van der Waals surface area contributed by atoms with Crippen molar-refractivity contribution in [3.05, 3.63) is 71.4 Å². The first-order chi connectivity index (χ1) is 12.1. The molecular formula is C20H16ClNO3. The second kappa shape index (κ2) is 7.36. The van der Waals surface area contributed by atoms with Crippen LogP contribution in [0.1, 0.15) is 10.4 Å². The van der Waals surface area contributed by atoms with Crippen molar-refractivity contribution in [1.29, 1.82) is 0 Å². The summed E-state index contributed by atoms with van der Waals surface area (Å²) >= 11 is 5.98. The monoisotopic (exact) mass is 353 g/mol. The summed E-state index contributed by atoms with van der Waals surface area (Å²) in [4.78, 5) is 16.4. The van der Waals surface area contributed by atoms with E-state index >= 15 is 0 Å². The van der Waals surface area contributed by atoms with E-state index in [1.165, 1.54) is 13.3 Å². The predicted octanol–water partition coefficient (Wildman–Crippen LogP) is 4.86. The van der Waals surface area contributed by atoms with Crippen LogP contribution in [0.15, 0.2) is 60.8 Å². The molecule has 0 spiro atoms. The average Bonchev–Trinajstić information content (AvgIpc) is 2.67. The van der Waals surface area contributed by atoms with Crippen LogP contribution in [0.25, 0.3) is 22.4 Å². The molecule has 0 saturated carbocycles. The van der Waals surface area contributed by atoms with Crippen LogP contribution in [0, 0.1) is 0 Å². The summed E-state index contributed by atoms with van der Waals surface area (Å²) in [6.07, 6.45) is 1.52. The molecular weight excluding hydrogens is 338 g/mol. The largest absolute Gasteiger partial charge is 0.497 e. The summed E-state index contributed by atoms with van der Waals surface area (Å²) in [5.74, 6) is 0.332. The maximum Gasteiger partial charge on any atom is 0.339 e. The van der Waals surface area contributed by atoms with Gasteiger partial charge < -0.3 is 9.47 Å². The molecule has 0 aliphatic heterocycles. The third-order valence-electron chi connectivity index (χ3n) is 3.83. The molecule has 0 radical (unpaired) electrons. The second-order valence-electron chi connectivity index (χ2n) is 5.35. The average molecular weight is 354 g/mol. The predicted molar refractivity (Wildman–Crippen MR) is 98.0 cm³/mol. The second-order valence-corrected chi connectivity index (χ2v) is 5.78. The molecule has 0 bridgehead atoms. The number of rotatable bonds is 4. The van der Waals surface area contributed by atoms with E-state index in [4.69, 9.17) is 21.1 Å². The van der Waals surface area contributed by atoms with Gasteiger partial charge in [0.15, 0.2) is 0 Å². The summed E-state index contributed by atoms with van der Waals surface area (Å²) in [5.41, 5.74) is 3.81. The molecule has 5 heteroatoms. The first-order valence-corrected chi connectivity index (χ1v) is 7.99. The third-order valence-corrected chi connectivity index (χ3v) is 4.08. The highest BCUT2D eigenvalue weighted by Gasteiger charge is 2.14. The van der Waals surface area contributed by atoms with Gasteiger partial charge in [0.25, 0.3) is 0 Å². The van der Waals surface area contributed by atoms with Gasteiger partial charge in [0.05, 0.1) is 25.5 Å². The number of carbonyl (C=O) groups excluding carboxylic acids is 1. The quantitative estimate of drug-likeness (QED) is 0.628. The Bertz CT molecular complexity index is 890. The summed E-state index contributed by atoms with van der Waals surface area (Å²) in [5, 5.41) is 0.654. The fraction of sp³-hybridized carbons (Fsp3) is 0.100. The van der Waals surface area contributed by atoms with E-state index in [0.717, 1.165) is 28.1 Å². The van der Waals surface area contributed by atoms with Crippen LogP contribution in [0.2, 0.25) is 5.02 Å². The molecule has 0 atom stereocenters. The summed E-state index contributed by atoms with van der Waals surface area (Å²) < 4.78 is 10.0. The molecule has 1 aromatic heterocycles. The van der Waals surface area contributed by atoms with Crippen LogP contribution in [-0.2, 0) is 4.74 Å². The van der Waals surface area contributed by atoms with Crippen molar-refractivity contribution in [2.45, 2.75) is 0 Å². The molecule has 0 amide bonds. The van der Waals surface area contributed by atoms with Crippen molar-refractivity contribution in [3.63, 3.8) is 0 Å². The standard InChI is InChI=1S/C20H16ClNO3/c1-24-17-9-5-13(6-10-17)18-11-15(20(23)25-2)12-22-19(18)14-3-7-16(21)8-4-14/h3-12H,1-2H3. The van der Waals surface area contributed by atoms with Crippen LogP contribution in [0.4, 0.5) is 0 Å². The van der Waals surface area contributed by atoms with Crippen molar-refractivity contribution >= 4 is 17.6 Å². The number of esters is 1. The highest BCUT2D eigenvalue weighted by atomic mass is 35.5. The van der Waals surface area contributed by atoms with Gasteiger partial charge in [-0.25, -0.2) is 4.79 Å². The lowest BCUT2D eigenvalue weighted by molar-refractivity contribution is 0.0600. The molecule has 0 aliphatic rings. The fourth-order valence-corrected chi connectivity index (χ4v) is 2.65. The van der Waals surface area contributed by atoms with Gasteiger partial charge >= 0.3 is 5.97 Å². The van der Waals surface area contributed by atoms with Gasteiger partial charge in [0.2, 0.25) is 0 Å². The molecule has 0 saturated heterocycles. The minimum Gasteiger partial charge on any atom is -0.497 e. The number of nitrogens with zero attached hydrogens (tertiary/aromatic N) is 1. The van der Waals surface area contributed by atoms with E-state index in [1.54, 1.807) is 13.2 Å². The number of halogens is 1. The van der Waals surface area contributed by atoms with Gasteiger partial charge in [-0.15, -0.1) is 0 Å². The molecule has 3 aromatic rings. The number of carbonyl (C=O) groups is 1. The SMILES string of the molecule is COC(=O)c1cnc(-c2ccc(Cl)cc2)c(-c2ccc(OC)cc2)c1. The van der Waals surface area contributed by atoms with Crippen LogP contribution < -0.4 is 4.74 Å². The number of ether oxygens (including phenoxy) is 2. The zero-order chi connectivity index (χ0) is 17.8. The van der Waals surface area contributed by atoms with Crippen molar-refractivity contribution in [2.24, 2.45) is 0 Å². The molecule has 126 valence electrons. The number of hydrogen-bond donors (Lipinski definition) is 0. The summed E-state index contributed by atoms with van der Waals surface area (Å²) in [6.45, 7) is 0. The van der Waals surface area contributed by atoms with E-state index in [9.17, 15) is 4.79 Å². The normalized spacial score (nSPS) is 10.4. The fourth-order valence-electron chi connectivity index (χ4n) is 2.52. The Hall–Kier alpha value is -2.85. The summed E-state index contributed by atoms with van der Waals surface area (Å²) in [7, 11) is 2.97. The van der Waals surface area contributed by atoms with Crippen molar-refractivity contribution in [1.82, 2.24) is 4.98 Å². The van der Waals surface area contributed by atoms with Gasteiger partial charge in [0.1, 0.15) is 5.75 Å². The van der Waals surface area contributed by atoms with Crippen LogP contribution in [0.3, 0.4) is 0 Å². The minimum absolute atomic E-state index is 0.394. The molecule has 0 fully saturated rings. The molecule has 0 aliphatic carbocycles. The Labute approximate surface area is 151 Å². The lowest BCUT2D eigenvalue weighted by atomic mass is 9.98. The Kier molecular flexibility index (Phi) is 5.00. The number of benzene rings is 2. The maximum atomic E-state index is 11.9. The third kappa shape index (κ3) is 3.64. The van der Waals surface area contributed by atoms with Crippen molar-refractivity contribution < 1.29 is 14.3 Å². The smallest absolute Gasteiger partial charge is 0.339 e. The highest BCUT2D eigenvalue weighted by molar-refractivity contribution is 6.30. The molecule has 4 nitrogen and oxygen atoms in total. The highest BCUT2D eigenvalue weighted by Crippen LogP contribution is 2.32.